The number of carbonyl (C=O) groups excluding carboxylic acids is 2. The van der Waals surface area contributed by atoms with Crippen molar-refractivity contribution in [1.29, 1.82) is 0 Å². The maximum Gasteiger partial charge on any atom is 0.244 e. The van der Waals surface area contributed by atoms with Crippen molar-refractivity contribution >= 4 is 27.5 Å². The number of amides is 2. The second-order valence-corrected chi connectivity index (χ2v) is 7.94. The summed E-state index contributed by atoms with van der Waals surface area (Å²) in [7, 11) is -2.57. The van der Waals surface area contributed by atoms with Gasteiger partial charge in [-0.2, -0.15) is 0 Å². The zero-order valence-electron chi connectivity index (χ0n) is 15.1. The third kappa shape index (κ3) is 3.86. The first-order valence-electron chi connectivity index (χ1n) is 8.41. The van der Waals surface area contributed by atoms with Gasteiger partial charge in [-0.1, -0.05) is 24.3 Å². The van der Waals surface area contributed by atoms with Gasteiger partial charge in [-0.05, 0) is 36.2 Å². The lowest BCUT2D eigenvalue weighted by Gasteiger charge is -2.17. The minimum Gasteiger partial charge on any atom is -0.495 e. The highest BCUT2D eigenvalue weighted by molar-refractivity contribution is 7.89. The molecule has 1 N–H and O–H groups in total. The standard InChI is InChI=1S/C19H20N2O5S/c1-13-5-3-4-6-14(13)12-20-27(24,25)17-11-15(7-8-16(17)26-2)21-18(22)9-10-19(21)23/h3-8,11,20H,9-10,12H2,1-2H3. The van der Waals surface area contributed by atoms with Crippen LogP contribution in [-0.4, -0.2) is 27.3 Å². The molecular weight excluding hydrogens is 368 g/mol. The number of aryl methyl sites for hydroxylation is 1. The van der Waals surface area contributed by atoms with E-state index in [1.165, 1.54) is 25.3 Å². The van der Waals surface area contributed by atoms with E-state index < -0.39 is 10.0 Å². The Labute approximate surface area is 158 Å². The van der Waals surface area contributed by atoms with E-state index in [9.17, 15) is 18.0 Å². The van der Waals surface area contributed by atoms with E-state index in [1.54, 1.807) is 0 Å². The summed E-state index contributed by atoms with van der Waals surface area (Å²) in [6.45, 7) is 2.01. The van der Waals surface area contributed by atoms with Crippen LogP contribution in [0.2, 0.25) is 0 Å². The van der Waals surface area contributed by atoms with Gasteiger partial charge in [0.05, 0.1) is 12.8 Å². The lowest BCUT2D eigenvalue weighted by molar-refractivity contribution is -0.121. The van der Waals surface area contributed by atoms with Gasteiger partial charge in [-0.15, -0.1) is 0 Å². The number of imide groups is 1. The molecule has 1 aliphatic heterocycles. The monoisotopic (exact) mass is 388 g/mol. The quantitative estimate of drug-likeness (QED) is 0.766. The van der Waals surface area contributed by atoms with Crippen molar-refractivity contribution < 1.29 is 22.7 Å². The average Bonchev–Trinajstić information content (AvgIpc) is 2.99. The molecule has 1 fully saturated rings. The summed E-state index contributed by atoms with van der Waals surface area (Å²) >= 11 is 0. The molecule has 1 saturated heterocycles. The Bertz CT molecular complexity index is 985. The Morgan fingerprint density at radius 1 is 1.07 bits per heavy atom. The number of anilines is 1. The Morgan fingerprint density at radius 3 is 2.37 bits per heavy atom. The molecule has 0 aliphatic carbocycles. The molecule has 0 spiro atoms. The molecule has 2 aromatic carbocycles. The van der Waals surface area contributed by atoms with Crippen molar-refractivity contribution in [3.05, 3.63) is 53.6 Å². The van der Waals surface area contributed by atoms with Crippen molar-refractivity contribution in [1.82, 2.24) is 4.72 Å². The van der Waals surface area contributed by atoms with Crippen LogP contribution in [0.4, 0.5) is 5.69 Å². The van der Waals surface area contributed by atoms with Crippen molar-refractivity contribution in [2.45, 2.75) is 31.2 Å². The number of sulfonamides is 1. The third-order valence-corrected chi connectivity index (χ3v) is 5.88. The number of methoxy groups -OCH3 is 1. The number of carbonyl (C=O) groups is 2. The summed E-state index contributed by atoms with van der Waals surface area (Å²) in [5, 5.41) is 0. The van der Waals surface area contributed by atoms with Gasteiger partial charge in [-0.3, -0.25) is 14.5 Å². The number of rotatable bonds is 6. The second kappa shape index (κ2) is 7.50. The summed E-state index contributed by atoms with van der Waals surface area (Å²) in [4.78, 5) is 24.8. The van der Waals surface area contributed by atoms with Gasteiger partial charge in [0, 0.05) is 19.4 Å². The smallest absolute Gasteiger partial charge is 0.244 e. The molecule has 0 unspecified atom stereocenters. The molecule has 2 amide bonds. The highest BCUT2D eigenvalue weighted by atomic mass is 32.2. The van der Waals surface area contributed by atoms with E-state index in [0.29, 0.717) is 0 Å². The lowest BCUT2D eigenvalue weighted by Crippen LogP contribution is -2.29. The van der Waals surface area contributed by atoms with E-state index >= 15 is 0 Å². The van der Waals surface area contributed by atoms with Crippen LogP contribution >= 0.6 is 0 Å². The van der Waals surface area contributed by atoms with Crippen LogP contribution in [0.25, 0.3) is 0 Å². The molecule has 1 heterocycles. The van der Waals surface area contributed by atoms with E-state index in [-0.39, 0.29) is 47.5 Å². The van der Waals surface area contributed by atoms with Crippen molar-refractivity contribution in [2.24, 2.45) is 0 Å². The Hall–Kier alpha value is -2.71. The number of hydrogen-bond acceptors (Lipinski definition) is 5. The normalized spacial score (nSPS) is 14.7. The fraction of sp³-hybridized carbons (Fsp3) is 0.263. The summed E-state index contributed by atoms with van der Waals surface area (Å²) in [5.74, 6) is -0.558. The first-order valence-corrected chi connectivity index (χ1v) is 9.90. The van der Waals surface area contributed by atoms with Gasteiger partial charge in [0.25, 0.3) is 0 Å². The van der Waals surface area contributed by atoms with Crippen LogP contribution in [0.15, 0.2) is 47.4 Å². The molecule has 0 atom stereocenters. The molecule has 0 aromatic heterocycles. The van der Waals surface area contributed by atoms with Crippen LogP contribution < -0.4 is 14.4 Å². The van der Waals surface area contributed by atoms with Gasteiger partial charge in [0.2, 0.25) is 21.8 Å². The number of hydrogen-bond donors (Lipinski definition) is 1. The maximum absolute atomic E-state index is 12.8. The fourth-order valence-corrected chi connectivity index (χ4v) is 4.13. The number of nitrogens with one attached hydrogen (secondary N) is 1. The molecular formula is C19H20N2O5S. The highest BCUT2D eigenvalue weighted by Crippen LogP contribution is 2.31. The third-order valence-electron chi connectivity index (χ3n) is 4.46. The van der Waals surface area contributed by atoms with Crippen molar-refractivity contribution in [3.63, 3.8) is 0 Å². The van der Waals surface area contributed by atoms with Crippen LogP contribution in [0, 0.1) is 6.92 Å². The maximum atomic E-state index is 12.8. The molecule has 27 heavy (non-hydrogen) atoms. The predicted octanol–water partition coefficient (Wildman–Crippen LogP) is 2.14. The predicted molar refractivity (Wildman–Crippen MR) is 99.9 cm³/mol. The first-order chi connectivity index (χ1) is 12.8. The van der Waals surface area contributed by atoms with Gasteiger partial charge >= 0.3 is 0 Å². The topological polar surface area (TPSA) is 92.8 Å². The largest absolute Gasteiger partial charge is 0.495 e. The molecule has 142 valence electrons. The molecule has 8 heteroatoms. The van der Waals surface area contributed by atoms with Crippen molar-refractivity contribution in [3.8, 4) is 5.75 Å². The fourth-order valence-electron chi connectivity index (χ4n) is 2.94. The molecule has 3 rings (SSSR count). The van der Waals surface area contributed by atoms with Crippen LogP contribution in [0.3, 0.4) is 0 Å². The molecule has 2 aromatic rings. The Balaban J connectivity index is 1.93. The zero-order valence-corrected chi connectivity index (χ0v) is 15.9. The minimum absolute atomic E-state index is 0.115. The molecule has 0 saturated carbocycles. The Morgan fingerprint density at radius 2 is 1.74 bits per heavy atom. The van der Waals surface area contributed by atoms with Gasteiger partial charge in [-0.25, -0.2) is 13.1 Å². The summed E-state index contributed by atoms with van der Waals surface area (Å²) < 4.78 is 33.4. The van der Waals surface area contributed by atoms with Crippen LogP contribution in [0.1, 0.15) is 24.0 Å². The van der Waals surface area contributed by atoms with Gasteiger partial charge < -0.3 is 4.74 Å². The SMILES string of the molecule is COc1ccc(N2C(=O)CCC2=O)cc1S(=O)(=O)NCc1ccccc1C. The second-order valence-electron chi connectivity index (χ2n) is 6.21. The minimum atomic E-state index is -3.93. The number of benzene rings is 2. The molecule has 1 aliphatic rings. The van der Waals surface area contributed by atoms with E-state index in [1.807, 2.05) is 31.2 Å². The van der Waals surface area contributed by atoms with Gasteiger partial charge in [0.1, 0.15) is 10.6 Å². The molecule has 0 radical (unpaired) electrons. The van der Waals surface area contributed by atoms with Crippen molar-refractivity contribution in [2.75, 3.05) is 12.0 Å². The van der Waals surface area contributed by atoms with Crippen LogP contribution in [-0.2, 0) is 26.2 Å². The van der Waals surface area contributed by atoms with Gasteiger partial charge in [0.15, 0.2) is 0 Å². The lowest BCUT2D eigenvalue weighted by atomic mass is 10.1. The zero-order chi connectivity index (χ0) is 19.6. The van der Waals surface area contributed by atoms with E-state index in [0.717, 1.165) is 16.0 Å². The molecule has 7 nitrogen and oxygen atoms in total. The highest BCUT2D eigenvalue weighted by Gasteiger charge is 2.32. The summed E-state index contributed by atoms with van der Waals surface area (Å²) in [6.07, 6.45) is 0.247. The van der Waals surface area contributed by atoms with Crippen LogP contribution in [0.5, 0.6) is 5.75 Å². The van der Waals surface area contributed by atoms with E-state index in [4.69, 9.17) is 4.74 Å². The summed E-state index contributed by atoms with van der Waals surface area (Å²) in [6, 6.07) is 11.7. The summed E-state index contributed by atoms with van der Waals surface area (Å²) in [5.41, 5.74) is 2.04. The molecule has 0 bridgehead atoms. The Kier molecular flexibility index (Phi) is 5.29. The number of ether oxygens (including phenoxy) is 1. The average molecular weight is 388 g/mol. The van der Waals surface area contributed by atoms with E-state index in [2.05, 4.69) is 4.72 Å². The number of nitrogens with zero attached hydrogens (tertiary/aromatic N) is 1. The first kappa shape index (κ1) is 19.1.